The van der Waals surface area contributed by atoms with Crippen molar-refractivity contribution in [3.8, 4) is 28.3 Å². The van der Waals surface area contributed by atoms with E-state index < -0.39 is 29.4 Å². The van der Waals surface area contributed by atoms with Gasteiger partial charge in [-0.3, -0.25) is 9.59 Å². The van der Waals surface area contributed by atoms with E-state index in [4.69, 9.17) is 4.74 Å². The second-order valence-corrected chi connectivity index (χ2v) is 14.3. The zero-order valence-electron chi connectivity index (χ0n) is 30.1. The molecule has 50 heavy (non-hydrogen) atoms. The molecule has 9 heteroatoms. The summed E-state index contributed by atoms with van der Waals surface area (Å²) in [6.45, 7) is 12.0. The summed E-state index contributed by atoms with van der Waals surface area (Å²) in [7, 11) is 0. The Labute approximate surface area is 295 Å². The maximum Gasteiger partial charge on any atom is 0.328 e. The smallest absolute Gasteiger partial charge is 0.328 e. The van der Waals surface area contributed by atoms with Gasteiger partial charge in [0, 0.05) is 35.5 Å². The van der Waals surface area contributed by atoms with E-state index in [-0.39, 0.29) is 11.8 Å². The molecule has 0 spiro atoms. The van der Waals surface area contributed by atoms with Gasteiger partial charge in [-0.1, -0.05) is 102 Å². The van der Waals surface area contributed by atoms with Crippen molar-refractivity contribution in [1.29, 1.82) is 0 Å². The number of benzene rings is 3. The van der Waals surface area contributed by atoms with Crippen LogP contribution in [0.2, 0.25) is 0 Å². The first-order valence-corrected chi connectivity index (χ1v) is 17.4. The molecule has 264 valence electrons. The maximum atomic E-state index is 13.4. The van der Waals surface area contributed by atoms with Gasteiger partial charge in [0.15, 0.2) is 5.82 Å². The number of amides is 2. The lowest BCUT2D eigenvalue weighted by Crippen LogP contribution is -2.57. The third-order valence-electron chi connectivity index (χ3n) is 8.61. The zero-order chi connectivity index (χ0) is 36.3. The summed E-state index contributed by atoms with van der Waals surface area (Å²) in [6.07, 6.45) is 9.72. The minimum Gasteiger partial charge on any atom is -0.494 e. The number of carbonyl (C=O) groups is 3. The summed E-state index contributed by atoms with van der Waals surface area (Å²) in [4.78, 5) is 47.5. The highest BCUT2D eigenvalue weighted by atomic mass is 16.5. The Bertz CT molecular complexity index is 1710. The number of unbranched alkanes of at least 4 members (excludes halogenated alkanes) is 4. The molecule has 0 aliphatic heterocycles. The molecule has 0 radical (unpaired) electrons. The standard InChI is InChI=1S/C41H50N4O5/c1-7-8-9-10-11-24-50-34-22-18-29(19-23-34)32-26-42-36(43-27-32)30-14-12-28(13-15-30)25-35(38(47)45-41(5,6)39(48)49)44-37(46)31-16-20-33(21-17-31)40(2,3)4/h12-23,26-27,35H,7-11,24-25H2,1-6H3,(H,44,46)(H,45,47)(H,48,49)/t35-/m0/s1. The zero-order valence-corrected chi connectivity index (χ0v) is 30.1. The van der Waals surface area contributed by atoms with Crippen LogP contribution in [0.5, 0.6) is 5.75 Å². The van der Waals surface area contributed by atoms with Crippen LogP contribution in [-0.2, 0) is 21.4 Å². The Morgan fingerprint density at radius 1 is 0.760 bits per heavy atom. The van der Waals surface area contributed by atoms with Gasteiger partial charge < -0.3 is 20.5 Å². The minimum atomic E-state index is -1.52. The SMILES string of the molecule is CCCCCCCOc1ccc(-c2cnc(-c3ccc(C[C@H](NC(=O)c4ccc(C(C)(C)C)cc4)C(=O)NC(C)(C)C(=O)O)cc3)nc2)cc1. The number of carbonyl (C=O) groups excluding carboxylic acids is 2. The van der Waals surface area contributed by atoms with Crippen LogP contribution in [0, 0.1) is 0 Å². The van der Waals surface area contributed by atoms with Gasteiger partial charge in [-0.05, 0) is 66.6 Å². The van der Waals surface area contributed by atoms with E-state index >= 15 is 0 Å². The van der Waals surface area contributed by atoms with E-state index in [0.29, 0.717) is 11.4 Å². The van der Waals surface area contributed by atoms with E-state index in [1.165, 1.54) is 39.5 Å². The van der Waals surface area contributed by atoms with E-state index in [1.807, 2.05) is 60.7 Å². The number of carboxylic acid groups (broad SMARTS) is 1. The Kier molecular flexibility index (Phi) is 12.9. The fraction of sp³-hybridized carbons (Fsp3) is 0.390. The summed E-state index contributed by atoms with van der Waals surface area (Å²) in [5.41, 5.74) is 3.32. The number of rotatable bonds is 16. The second kappa shape index (κ2) is 17.1. The van der Waals surface area contributed by atoms with Gasteiger partial charge in [-0.2, -0.15) is 0 Å². The highest BCUT2D eigenvalue weighted by Gasteiger charge is 2.33. The molecule has 0 saturated carbocycles. The number of nitrogens with one attached hydrogen (secondary N) is 2. The molecule has 0 bridgehead atoms. The van der Waals surface area contributed by atoms with Crippen LogP contribution < -0.4 is 15.4 Å². The number of hydrogen-bond donors (Lipinski definition) is 3. The molecule has 3 aromatic carbocycles. The number of aliphatic carboxylic acids is 1. The van der Waals surface area contributed by atoms with E-state index in [2.05, 4.69) is 48.3 Å². The maximum absolute atomic E-state index is 13.4. The normalized spacial score (nSPS) is 12.2. The molecule has 3 N–H and O–H groups in total. The number of nitrogens with zero attached hydrogens (tertiary/aromatic N) is 2. The molecule has 1 aromatic heterocycles. The van der Waals surface area contributed by atoms with Gasteiger partial charge in [-0.15, -0.1) is 0 Å². The molecule has 1 atom stereocenters. The molecule has 0 saturated heterocycles. The van der Waals surface area contributed by atoms with Crippen LogP contribution in [0.25, 0.3) is 22.5 Å². The van der Waals surface area contributed by atoms with E-state index in [1.54, 1.807) is 24.5 Å². The van der Waals surface area contributed by atoms with Crippen LogP contribution in [0.15, 0.2) is 85.2 Å². The molecule has 0 fully saturated rings. The van der Waals surface area contributed by atoms with Crippen LogP contribution in [0.4, 0.5) is 0 Å². The predicted octanol–water partition coefficient (Wildman–Crippen LogP) is 7.78. The minimum absolute atomic E-state index is 0.0756. The molecule has 0 unspecified atom stereocenters. The first-order chi connectivity index (χ1) is 23.8. The summed E-state index contributed by atoms with van der Waals surface area (Å²) in [5.74, 6) is -0.807. The molecule has 1 heterocycles. The van der Waals surface area contributed by atoms with Crippen molar-refractivity contribution in [3.05, 3.63) is 102 Å². The van der Waals surface area contributed by atoms with Crippen molar-refractivity contribution < 1.29 is 24.2 Å². The van der Waals surface area contributed by atoms with Crippen molar-refractivity contribution in [2.45, 2.75) is 97.1 Å². The molecular weight excluding hydrogens is 628 g/mol. The predicted molar refractivity (Wildman–Crippen MR) is 197 cm³/mol. The topological polar surface area (TPSA) is 131 Å². The summed E-state index contributed by atoms with van der Waals surface area (Å²) in [5, 5.41) is 15.0. The van der Waals surface area contributed by atoms with Crippen molar-refractivity contribution >= 4 is 17.8 Å². The quantitative estimate of drug-likeness (QED) is 0.103. The third kappa shape index (κ3) is 10.7. The van der Waals surface area contributed by atoms with Crippen molar-refractivity contribution in [3.63, 3.8) is 0 Å². The lowest BCUT2D eigenvalue weighted by Gasteiger charge is -2.26. The molecule has 4 aromatic rings. The number of hydrogen-bond acceptors (Lipinski definition) is 6. The average molecular weight is 679 g/mol. The van der Waals surface area contributed by atoms with Crippen molar-refractivity contribution in [2.24, 2.45) is 0 Å². The highest BCUT2D eigenvalue weighted by molar-refractivity contribution is 5.98. The largest absolute Gasteiger partial charge is 0.494 e. The van der Waals surface area contributed by atoms with E-state index in [9.17, 15) is 19.5 Å². The summed E-state index contributed by atoms with van der Waals surface area (Å²) < 4.78 is 5.89. The Morgan fingerprint density at radius 2 is 1.36 bits per heavy atom. The van der Waals surface area contributed by atoms with Gasteiger partial charge in [-0.25, -0.2) is 14.8 Å². The van der Waals surface area contributed by atoms with E-state index in [0.717, 1.165) is 46.6 Å². The first kappa shape index (κ1) is 37.8. The molecule has 4 rings (SSSR count). The second-order valence-electron chi connectivity index (χ2n) is 14.3. The Hall–Kier alpha value is -5.05. The molecule has 0 aliphatic rings. The summed E-state index contributed by atoms with van der Waals surface area (Å²) in [6, 6.07) is 21.6. The van der Waals surface area contributed by atoms with Gasteiger partial charge >= 0.3 is 5.97 Å². The van der Waals surface area contributed by atoms with Gasteiger partial charge in [0.2, 0.25) is 5.91 Å². The van der Waals surface area contributed by atoms with Gasteiger partial charge in [0.25, 0.3) is 5.91 Å². The van der Waals surface area contributed by atoms with Crippen LogP contribution in [0.1, 0.15) is 95.1 Å². The lowest BCUT2D eigenvalue weighted by molar-refractivity contribution is -0.146. The van der Waals surface area contributed by atoms with Gasteiger partial charge in [0.1, 0.15) is 17.3 Å². The Balaban J connectivity index is 1.42. The fourth-order valence-corrected chi connectivity index (χ4v) is 5.31. The van der Waals surface area contributed by atoms with Gasteiger partial charge in [0.05, 0.1) is 6.61 Å². The molecule has 9 nitrogen and oxygen atoms in total. The van der Waals surface area contributed by atoms with Crippen molar-refractivity contribution in [2.75, 3.05) is 6.61 Å². The fourth-order valence-electron chi connectivity index (χ4n) is 5.31. The number of aromatic nitrogens is 2. The monoisotopic (exact) mass is 678 g/mol. The highest BCUT2D eigenvalue weighted by Crippen LogP contribution is 2.25. The number of ether oxygens (including phenoxy) is 1. The van der Waals surface area contributed by atoms with Crippen molar-refractivity contribution in [1.82, 2.24) is 20.6 Å². The summed E-state index contributed by atoms with van der Waals surface area (Å²) >= 11 is 0. The molecule has 2 amide bonds. The lowest BCUT2D eigenvalue weighted by atomic mass is 9.86. The number of carboxylic acids is 1. The third-order valence-corrected chi connectivity index (χ3v) is 8.61. The first-order valence-electron chi connectivity index (χ1n) is 17.4. The van der Waals surface area contributed by atoms with Crippen LogP contribution >= 0.6 is 0 Å². The average Bonchev–Trinajstić information content (AvgIpc) is 3.09. The van der Waals surface area contributed by atoms with Crippen LogP contribution in [0.3, 0.4) is 0 Å². The van der Waals surface area contributed by atoms with Crippen LogP contribution in [-0.4, -0.2) is 51.0 Å². The Morgan fingerprint density at radius 3 is 1.94 bits per heavy atom. The molecule has 0 aliphatic carbocycles. The molecular formula is C41H50N4O5.